The fourth-order valence-corrected chi connectivity index (χ4v) is 5.95. The van der Waals surface area contributed by atoms with E-state index in [4.69, 9.17) is 0 Å². The first-order chi connectivity index (χ1) is 18.4. The van der Waals surface area contributed by atoms with Crippen molar-refractivity contribution in [1.29, 1.82) is 5.26 Å². The van der Waals surface area contributed by atoms with Crippen molar-refractivity contribution in [3.63, 3.8) is 0 Å². The number of halogens is 1. The lowest BCUT2D eigenvalue weighted by Crippen LogP contribution is -2.52. The lowest BCUT2D eigenvalue weighted by molar-refractivity contribution is -0.119. The third-order valence-corrected chi connectivity index (χ3v) is 9.10. The number of nitrogens with one attached hydrogen (secondary N) is 2. The first-order valence-electron chi connectivity index (χ1n) is 13.3. The minimum absolute atomic E-state index is 0.0784. The molecule has 0 aromatic heterocycles. The Morgan fingerprint density at radius 1 is 1.18 bits per heavy atom. The van der Waals surface area contributed by atoms with Gasteiger partial charge in [0.25, 0.3) is 0 Å². The van der Waals surface area contributed by atoms with E-state index in [0.29, 0.717) is 36.3 Å². The highest BCUT2D eigenvalue weighted by molar-refractivity contribution is 7.90. The zero-order chi connectivity index (χ0) is 28.4. The first kappa shape index (κ1) is 28.9. The van der Waals surface area contributed by atoms with Crippen LogP contribution in [0, 0.1) is 23.1 Å². The molecule has 8 nitrogen and oxygen atoms in total. The molecule has 1 saturated carbocycles. The summed E-state index contributed by atoms with van der Waals surface area (Å²) >= 11 is -1.53. The van der Waals surface area contributed by atoms with Gasteiger partial charge >= 0.3 is 6.09 Å². The Morgan fingerprint density at radius 3 is 2.54 bits per heavy atom. The first-order valence-corrected chi connectivity index (χ1v) is 14.4. The van der Waals surface area contributed by atoms with Gasteiger partial charge in [-0.05, 0) is 87.8 Å². The van der Waals surface area contributed by atoms with E-state index in [1.807, 2.05) is 26.8 Å². The summed E-state index contributed by atoms with van der Waals surface area (Å²) in [6.07, 6.45) is 3.33. The largest absolute Gasteiger partial charge is 0.598 e. The predicted octanol–water partition coefficient (Wildman–Crippen LogP) is 5.26. The molecule has 10 heteroatoms. The topological polar surface area (TPSA) is 129 Å². The number of anilines is 1. The van der Waals surface area contributed by atoms with E-state index in [-0.39, 0.29) is 12.2 Å². The minimum atomic E-state index is -1.53. The number of carbonyl (C=O) groups excluding carboxylic acids is 1. The molecule has 0 spiro atoms. The van der Waals surface area contributed by atoms with Gasteiger partial charge in [0.1, 0.15) is 22.1 Å². The van der Waals surface area contributed by atoms with Crippen LogP contribution in [-0.2, 0) is 21.7 Å². The number of carbonyl (C=O) groups is 2. The molecule has 1 aliphatic carbocycles. The van der Waals surface area contributed by atoms with Gasteiger partial charge in [0.2, 0.25) is 5.91 Å². The molecule has 1 heterocycles. The van der Waals surface area contributed by atoms with Gasteiger partial charge in [-0.2, -0.15) is 5.26 Å². The SMILES string of the molecule is CC(C)(C)[S@@+]([O-])N[C@](CCC1CC1)(c1cccc(C#N)c1)c1ccc(F)c(NC(=O)[C@H]2CCCN2C(=O)O)c1. The molecular weight excluding hydrogens is 519 g/mol. The smallest absolute Gasteiger partial charge is 0.407 e. The van der Waals surface area contributed by atoms with Crippen LogP contribution in [0.2, 0.25) is 0 Å². The van der Waals surface area contributed by atoms with Crippen molar-refractivity contribution in [3.05, 3.63) is 65.0 Å². The maximum Gasteiger partial charge on any atom is 0.407 e. The zero-order valence-corrected chi connectivity index (χ0v) is 23.3. The summed E-state index contributed by atoms with van der Waals surface area (Å²) in [4.78, 5) is 25.7. The van der Waals surface area contributed by atoms with Crippen LogP contribution < -0.4 is 10.0 Å². The summed E-state index contributed by atoms with van der Waals surface area (Å²) in [6, 6.07) is 12.8. The quantitative estimate of drug-likeness (QED) is 0.363. The van der Waals surface area contributed by atoms with Crippen LogP contribution in [0.5, 0.6) is 0 Å². The van der Waals surface area contributed by atoms with Crippen molar-refractivity contribution in [2.45, 2.75) is 75.6 Å². The molecule has 2 aliphatic rings. The maximum atomic E-state index is 15.1. The molecule has 2 aromatic rings. The second kappa shape index (κ2) is 11.5. The number of likely N-dealkylation sites (tertiary alicyclic amines) is 1. The van der Waals surface area contributed by atoms with Crippen molar-refractivity contribution in [3.8, 4) is 6.07 Å². The molecule has 39 heavy (non-hydrogen) atoms. The number of carboxylic acid groups (broad SMARTS) is 1. The highest BCUT2D eigenvalue weighted by Crippen LogP contribution is 2.43. The number of nitriles is 1. The zero-order valence-electron chi connectivity index (χ0n) is 22.5. The lowest BCUT2D eigenvalue weighted by Gasteiger charge is -2.39. The van der Waals surface area contributed by atoms with E-state index < -0.39 is 45.5 Å². The molecule has 4 rings (SSSR count). The summed E-state index contributed by atoms with van der Waals surface area (Å²) in [5, 5.41) is 21.7. The number of benzene rings is 2. The van der Waals surface area contributed by atoms with Crippen molar-refractivity contribution < 1.29 is 23.6 Å². The van der Waals surface area contributed by atoms with Crippen molar-refractivity contribution in [2.75, 3.05) is 11.9 Å². The molecule has 1 saturated heterocycles. The second-order valence-corrected chi connectivity index (χ2v) is 13.3. The van der Waals surface area contributed by atoms with Crippen LogP contribution in [0.1, 0.15) is 76.0 Å². The maximum absolute atomic E-state index is 15.1. The van der Waals surface area contributed by atoms with Gasteiger partial charge in [0.15, 0.2) is 0 Å². The molecule has 1 aliphatic heterocycles. The van der Waals surface area contributed by atoms with Gasteiger partial charge in [0, 0.05) is 17.9 Å². The van der Waals surface area contributed by atoms with Gasteiger partial charge in [-0.1, -0.05) is 31.0 Å². The third-order valence-electron chi connectivity index (χ3n) is 7.45. The van der Waals surface area contributed by atoms with Crippen molar-refractivity contribution in [1.82, 2.24) is 9.62 Å². The number of hydrogen-bond donors (Lipinski definition) is 3. The fourth-order valence-electron chi connectivity index (χ4n) is 4.99. The highest BCUT2D eigenvalue weighted by atomic mass is 32.2. The molecule has 3 atom stereocenters. The van der Waals surface area contributed by atoms with Gasteiger partial charge in [-0.15, -0.1) is 4.72 Å². The van der Waals surface area contributed by atoms with E-state index >= 15 is 4.39 Å². The molecule has 0 unspecified atom stereocenters. The average molecular weight is 555 g/mol. The average Bonchev–Trinajstić information content (AvgIpc) is 3.59. The van der Waals surface area contributed by atoms with Gasteiger partial charge in [0.05, 0.1) is 17.3 Å². The second-order valence-electron chi connectivity index (χ2n) is 11.4. The molecule has 2 fully saturated rings. The Hall–Kier alpha value is -3.13. The Labute approximate surface area is 231 Å². The standard InChI is InChI=1S/C29H35FN4O4S/c1-28(2,3)39(38)33-29(14-13-19-9-10-19,21-7-4-6-20(16-21)18-31)22-11-12-23(30)24(17-22)32-26(35)25-8-5-15-34(25)27(36)37/h4,6-7,11-12,16-17,19,25,33H,5,8-10,13-15H2,1-3H3,(H,32,35)(H,36,37)/t25-,29-,39-/m1/s1. The van der Waals surface area contributed by atoms with E-state index in [1.54, 1.807) is 24.3 Å². The predicted molar refractivity (Wildman–Crippen MR) is 148 cm³/mol. The van der Waals surface area contributed by atoms with Crippen LogP contribution in [0.15, 0.2) is 42.5 Å². The number of nitrogens with zero attached hydrogens (tertiary/aromatic N) is 2. The van der Waals surface area contributed by atoms with Crippen molar-refractivity contribution >= 4 is 29.0 Å². The summed E-state index contributed by atoms with van der Waals surface area (Å²) in [5.41, 5.74) is 0.634. The fraction of sp³-hybridized carbons (Fsp3) is 0.483. The Morgan fingerprint density at radius 2 is 1.90 bits per heavy atom. The van der Waals surface area contributed by atoms with Crippen LogP contribution >= 0.6 is 0 Å². The van der Waals surface area contributed by atoms with Crippen LogP contribution in [-0.4, -0.2) is 43.9 Å². The molecule has 2 amide bonds. The summed E-state index contributed by atoms with van der Waals surface area (Å²) in [5.74, 6) is -0.713. The summed E-state index contributed by atoms with van der Waals surface area (Å²) in [7, 11) is 0. The molecule has 3 N–H and O–H groups in total. The minimum Gasteiger partial charge on any atom is -0.598 e. The monoisotopic (exact) mass is 554 g/mol. The van der Waals surface area contributed by atoms with E-state index in [9.17, 15) is 24.5 Å². The van der Waals surface area contributed by atoms with E-state index in [1.165, 1.54) is 12.1 Å². The van der Waals surface area contributed by atoms with E-state index in [2.05, 4.69) is 16.1 Å². The molecule has 0 radical (unpaired) electrons. The lowest BCUT2D eigenvalue weighted by atomic mass is 9.79. The summed E-state index contributed by atoms with van der Waals surface area (Å²) < 4.78 is 31.4. The van der Waals surface area contributed by atoms with Crippen LogP contribution in [0.3, 0.4) is 0 Å². The molecule has 208 valence electrons. The van der Waals surface area contributed by atoms with Gasteiger partial charge in [-0.3, -0.25) is 9.69 Å². The highest BCUT2D eigenvalue weighted by Gasteiger charge is 2.44. The molecular formula is C29H35FN4O4S. The third kappa shape index (κ3) is 6.55. The van der Waals surface area contributed by atoms with Gasteiger partial charge < -0.3 is 15.0 Å². The normalized spacial score (nSPS) is 19.7. The number of hydrogen-bond acceptors (Lipinski definition) is 5. The summed E-state index contributed by atoms with van der Waals surface area (Å²) in [6.45, 7) is 5.83. The van der Waals surface area contributed by atoms with E-state index in [0.717, 1.165) is 29.7 Å². The number of amides is 2. The molecule has 2 aromatic carbocycles. The Balaban J connectivity index is 1.79. The Kier molecular flexibility index (Phi) is 8.54. The van der Waals surface area contributed by atoms with Gasteiger partial charge in [-0.25, -0.2) is 9.18 Å². The Bertz CT molecular complexity index is 1270. The van der Waals surface area contributed by atoms with Crippen LogP contribution in [0.4, 0.5) is 14.9 Å². The van der Waals surface area contributed by atoms with Crippen LogP contribution in [0.25, 0.3) is 0 Å². The molecule has 0 bridgehead atoms. The van der Waals surface area contributed by atoms with Crippen molar-refractivity contribution in [2.24, 2.45) is 5.92 Å². The number of rotatable bonds is 9.